The molecule has 0 aliphatic rings. The molecule has 0 radical (unpaired) electrons. The van der Waals surface area contributed by atoms with E-state index in [1.807, 2.05) is 83.6 Å². The van der Waals surface area contributed by atoms with Gasteiger partial charge in [0.1, 0.15) is 5.82 Å². The van der Waals surface area contributed by atoms with Crippen molar-refractivity contribution in [3.05, 3.63) is 120 Å². The molecule has 0 bridgehead atoms. The van der Waals surface area contributed by atoms with Gasteiger partial charge in [0, 0.05) is 31.2 Å². The lowest BCUT2D eigenvalue weighted by atomic mass is 10.1. The third-order valence-corrected chi connectivity index (χ3v) is 5.67. The third kappa shape index (κ3) is 8.81. The first-order valence-corrected chi connectivity index (χ1v) is 11.5. The Morgan fingerprint density at radius 3 is 2.25 bits per heavy atom. The highest BCUT2D eigenvalue weighted by Crippen LogP contribution is 2.13. The number of imidazole rings is 1. The largest absolute Gasteiger partial charge is 0.387 e. The molecule has 1 heterocycles. The highest BCUT2D eigenvalue weighted by molar-refractivity contribution is 5.91. The van der Waals surface area contributed by atoms with Crippen LogP contribution in [-0.4, -0.2) is 33.7 Å². The average molecular weight is 527 g/mol. The van der Waals surface area contributed by atoms with Crippen LogP contribution in [-0.2, 0) is 24.2 Å². The summed E-state index contributed by atoms with van der Waals surface area (Å²) < 4.78 is 2.00. The van der Waals surface area contributed by atoms with E-state index in [-0.39, 0.29) is 37.1 Å². The Morgan fingerprint density at radius 1 is 0.889 bits per heavy atom. The van der Waals surface area contributed by atoms with E-state index in [2.05, 4.69) is 27.8 Å². The van der Waals surface area contributed by atoms with Crippen molar-refractivity contribution in [1.82, 2.24) is 14.9 Å². The van der Waals surface area contributed by atoms with Crippen LogP contribution in [0.25, 0.3) is 0 Å². The predicted octanol–water partition coefficient (Wildman–Crippen LogP) is 4.82. The Bertz CT molecular complexity index is 1170. The molecular weight excluding hydrogens is 495 g/mol. The number of carbonyl (C=O) groups is 1. The zero-order valence-electron chi connectivity index (χ0n) is 19.9. The number of carbonyl (C=O) groups excluding carboxylic acids is 1. The number of amides is 1. The van der Waals surface area contributed by atoms with Gasteiger partial charge in [-0.05, 0) is 41.8 Å². The molecule has 190 valence electrons. The maximum atomic E-state index is 12.6. The highest BCUT2D eigenvalue weighted by Gasteiger charge is 2.10. The summed E-state index contributed by atoms with van der Waals surface area (Å²) in [4.78, 5) is 16.9. The number of halogens is 2. The maximum absolute atomic E-state index is 12.6. The van der Waals surface area contributed by atoms with Crippen LogP contribution >= 0.6 is 24.8 Å². The van der Waals surface area contributed by atoms with Gasteiger partial charge in [-0.2, -0.15) is 0 Å². The summed E-state index contributed by atoms with van der Waals surface area (Å²) in [5.74, 6) is 0.645. The number of benzene rings is 3. The second-order valence-electron chi connectivity index (χ2n) is 8.26. The van der Waals surface area contributed by atoms with E-state index in [0.717, 1.165) is 35.6 Å². The molecule has 1 unspecified atom stereocenters. The third-order valence-electron chi connectivity index (χ3n) is 5.67. The minimum Gasteiger partial charge on any atom is -0.387 e. The van der Waals surface area contributed by atoms with Crippen molar-refractivity contribution in [2.24, 2.45) is 0 Å². The normalized spacial score (nSPS) is 11.1. The number of nitrogens with one attached hydrogen (secondary N) is 2. The lowest BCUT2D eigenvalue weighted by Crippen LogP contribution is -2.23. The van der Waals surface area contributed by atoms with E-state index in [0.29, 0.717) is 13.1 Å². The molecule has 4 rings (SSSR count). The molecule has 0 aliphatic heterocycles. The molecule has 1 aromatic heterocycles. The zero-order chi connectivity index (χ0) is 23.6. The Morgan fingerprint density at radius 2 is 1.56 bits per heavy atom. The molecule has 1 atom stereocenters. The first-order valence-electron chi connectivity index (χ1n) is 11.5. The first kappa shape index (κ1) is 29.1. The van der Waals surface area contributed by atoms with Crippen LogP contribution in [0.1, 0.15) is 28.6 Å². The molecule has 4 aromatic rings. The Labute approximate surface area is 224 Å². The van der Waals surface area contributed by atoms with Gasteiger partial charge in [-0.3, -0.25) is 4.79 Å². The van der Waals surface area contributed by atoms with Gasteiger partial charge in [0.25, 0.3) is 0 Å². The Kier molecular flexibility index (Phi) is 12.2. The molecule has 3 N–H and O–H groups in total. The fraction of sp³-hybridized carbons (Fsp3) is 0.214. The van der Waals surface area contributed by atoms with Crippen LogP contribution in [0, 0.1) is 0 Å². The summed E-state index contributed by atoms with van der Waals surface area (Å²) in [5.41, 5.74) is 4.01. The summed E-state index contributed by atoms with van der Waals surface area (Å²) in [6, 6.07) is 27.6. The highest BCUT2D eigenvalue weighted by atomic mass is 35.5. The monoisotopic (exact) mass is 526 g/mol. The lowest BCUT2D eigenvalue weighted by molar-refractivity contribution is -0.115. The second kappa shape index (κ2) is 15.1. The smallest absolute Gasteiger partial charge is 0.231 e. The molecule has 8 heteroatoms. The van der Waals surface area contributed by atoms with E-state index in [1.165, 1.54) is 5.56 Å². The quantitative estimate of drug-likeness (QED) is 0.245. The van der Waals surface area contributed by atoms with Crippen LogP contribution in [0.2, 0.25) is 0 Å². The fourth-order valence-corrected chi connectivity index (χ4v) is 3.80. The standard InChI is InChI=1S/C28H30N4O2.2ClH/c33-26(24-9-5-2-6-10-24)20-29-16-15-22-11-13-25(14-12-22)31-28(34)19-27-30-17-18-32(27)21-23-7-3-1-4-8-23;;/h1-14,17-18,26,29,33H,15-16,19-21H2,(H,31,34);2*1H. The van der Waals surface area contributed by atoms with E-state index in [4.69, 9.17) is 0 Å². The number of nitrogens with zero attached hydrogens (tertiary/aromatic N) is 2. The number of aliphatic hydroxyl groups excluding tert-OH is 1. The van der Waals surface area contributed by atoms with Crippen molar-refractivity contribution in [2.45, 2.75) is 25.5 Å². The molecule has 0 aliphatic carbocycles. The SMILES string of the molecule is Cl.Cl.O=C(Cc1nccn1Cc1ccccc1)Nc1ccc(CCNCC(O)c2ccccc2)cc1. The van der Waals surface area contributed by atoms with Gasteiger partial charge in [0.2, 0.25) is 5.91 Å². The molecule has 0 spiro atoms. The fourth-order valence-electron chi connectivity index (χ4n) is 3.80. The lowest BCUT2D eigenvalue weighted by Gasteiger charge is -2.12. The van der Waals surface area contributed by atoms with Gasteiger partial charge >= 0.3 is 0 Å². The van der Waals surface area contributed by atoms with Crippen molar-refractivity contribution >= 4 is 36.4 Å². The van der Waals surface area contributed by atoms with Crippen LogP contribution in [0.3, 0.4) is 0 Å². The van der Waals surface area contributed by atoms with E-state index >= 15 is 0 Å². The molecule has 1 amide bonds. The molecular formula is C28H32Cl2N4O2. The van der Waals surface area contributed by atoms with Gasteiger partial charge in [-0.25, -0.2) is 4.98 Å². The van der Waals surface area contributed by atoms with E-state index in [9.17, 15) is 9.90 Å². The summed E-state index contributed by atoms with van der Waals surface area (Å²) in [5, 5.41) is 16.5. The average Bonchev–Trinajstić information content (AvgIpc) is 3.30. The zero-order valence-corrected chi connectivity index (χ0v) is 21.5. The summed E-state index contributed by atoms with van der Waals surface area (Å²) in [7, 11) is 0. The van der Waals surface area contributed by atoms with Crippen molar-refractivity contribution < 1.29 is 9.90 Å². The van der Waals surface area contributed by atoms with Gasteiger partial charge in [-0.15, -0.1) is 24.8 Å². The van der Waals surface area contributed by atoms with Crippen LogP contribution < -0.4 is 10.6 Å². The molecule has 0 saturated heterocycles. The minimum atomic E-state index is -0.512. The number of aliphatic hydroxyl groups is 1. The molecule has 0 saturated carbocycles. The summed E-state index contributed by atoms with van der Waals surface area (Å²) in [6.45, 7) is 1.96. The molecule has 6 nitrogen and oxygen atoms in total. The number of rotatable bonds is 11. The second-order valence-corrected chi connectivity index (χ2v) is 8.26. The minimum absolute atomic E-state index is 0. The van der Waals surface area contributed by atoms with E-state index in [1.54, 1.807) is 6.20 Å². The van der Waals surface area contributed by atoms with Crippen molar-refractivity contribution in [1.29, 1.82) is 0 Å². The van der Waals surface area contributed by atoms with Gasteiger partial charge < -0.3 is 20.3 Å². The van der Waals surface area contributed by atoms with Gasteiger partial charge in [0.05, 0.1) is 12.5 Å². The Balaban J connectivity index is 0.00000228. The number of anilines is 1. The van der Waals surface area contributed by atoms with Crippen molar-refractivity contribution in [2.75, 3.05) is 18.4 Å². The predicted molar refractivity (Wildman–Crippen MR) is 149 cm³/mol. The molecule has 36 heavy (non-hydrogen) atoms. The van der Waals surface area contributed by atoms with Crippen molar-refractivity contribution in [3.8, 4) is 0 Å². The van der Waals surface area contributed by atoms with Crippen LogP contribution in [0.5, 0.6) is 0 Å². The first-order chi connectivity index (χ1) is 16.7. The van der Waals surface area contributed by atoms with Crippen LogP contribution in [0.15, 0.2) is 97.3 Å². The maximum Gasteiger partial charge on any atom is 0.231 e. The molecule has 0 fully saturated rings. The van der Waals surface area contributed by atoms with Crippen LogP contribution in [0.4, 0.5) is 5.69 Å². The van der Waals surface area contributed by atoms with Crippen molar-refractivity contribution in [3.63, 3.8) is 0 Å². The van der Waals surface area contributed by atoms with E-state index < -0.39 is 6.10 Å². The summed E-state index contributed by atoms with van der Waals surface area (Å²) >= 11 is 0. The molecule has 3 aromatic carbocycles. The van der Waals surface area contributed by atoms with Gasteiger partial charge in [-0.1, -0.05) is 72.8 Å². The number of aromatic nitrogens is 2. The number of hydrogen-bond donors (Lipinski definition) is 3. The van der Waals surface area contributed by atoms with Gasteiger partial charge in [0.15, 0.2) is 0 Å². The topological polar surface area (TPSA) is 79.2 Å². The number of hydrogen-bond acceptors (Lipinski definition) is 4. The Hall–Kier alpha value is -3.16. The summed E-state index contributed by atoms with van der Waals surface area (Å²) in [6.07, 6.45) is 4.17.